The number of rotatable bonds is 8. The summed E-state index contributed by atoms with van der Waals surface area (Å²) in [4.78, 5) is 11.8. The number of aromatic hydroxyl groups is 1. The van der Waals surface area contributed by atoms with Crippen molar-refractivity contribution in [3.8, 4) is 5.75 Å². The van der Waals surface area contributed by atoms with Crippen molar-refractivity contribution in [1.82, 2.24) is 5.32 Å². The third-order valence-corrected chi connectivity index (χ3v) is 2.83. The van der Waals surface area contributed by atoms with E-state index in [2.05, 4.69) is 12.2 Å². The summed E-state index contributed by atoms with van der Waals surface area (Å²) in [7, 11) is 0. The van der Waals surface area contributed by atoms with E-state index in [1.807, 2.05) is 0 Å². The van der Waals surface area contributed by atoms with Gasteiger partial charge in [0, 0.05) is 24.8 Å². The Morgan fingerprint density at radius 3 is 2.84 bits per heavy atom. The number of ether oxygens (including phenoxy) is 1. The maximum Gasteiger partial charge on any atom is 0.255 e. The molecule has 0 bridgehead atoms. The molecule has 5 heteroatoms. The summed E-state index contributed by atoms with van der Waals surface area (Å²) < 4.78 is 5.38. The Balaban J connectivity index is 2.26. The Morgan fingerprint density at radius 2 is 2.11 bits per heavy atom. The molecule has 1 aromatic rings. The minimum Gasteiger partial charge on any atom is -0.507 e. The number of benzene rings is 1. The lowest BCUT2D eigenvalue weighted by Gasteiger charge is -2.07. The normalized spacial score (nSPS) is 10.4. The van der Waals surface area contributed by atoms with E-state index in [0.29, 0.717) is 18.2 Å². The molecule has 0 radical (unpaired) electrons. The maximum absolute atomic E-state index is 11.8. The first-order valence-electron chi connectivity index (χ1n) is 6.49. The molecule has 0 aliphatic carbocycles. The first kappa shape index (κ1) is 15.8. The van der Waals surface area contributed by atoms with E-state index in [9.17, 15) is 9.90 Å². The first-order valence-corrected chi connectivity index (χ1v) is 6.87. The van der Waals surface area contributed by atoms with Gasteiger partial charge in [-0.3, -0.25) is 4.79 Å². The van der Waals surface area contributed by atoms with Gasteiger partial charge in [-0.2, -0.15) is 0 Å². The number of phenols is 1. The number of carbonyl (C=O) groups is 1. The van der Waals surface area contributed by atoms with Crippen LogP contribution in [0.2, 0.25) is 5.02 Å². The van der Waals surface area contributed by atoms with Gasteiger partial charge in [-0.1, -0.05) is 24.9 Å². The van der Waals surface area contributed by atoms with Crippen molar-refractivity contribution in [1.29, 1.82) is 0 Å². The maximum atomic E-state index is 11.8. The van der Waals surface area contributed by atoms with Gasteiger partial charge < -0.3 is 15.2 Å². The van der Waals surface area contributed by atoms with Crippen LogP contribution >= 0.6 is 11.6 Å². The summed E-state index contributed by atoms with van der Waals surface area (Å²) >= 11 is 5.78. The van der Waals surface area contributed by atoms with Gasteiger partial charge in [0.1, 0.15) is 5.75 Å². The highest BCUT2D eigenvalue weighted by Gasteiger charge is 2.10. The number of hydrogen-bond acceptors (Lipinski definition) is 3. The summed E-state index contributed by atoms with van der Waals surface area (Å²) in [5, 5.41) is 12.7. The highest BCUT2D eigenvalue weighted by molar-refractivity contribution is 6.31. The van der Waals surface area contributed by atoms with E-state index in [-0.39, 0.29) is 17.2 Å². The number of unbranched alkanes of at least 4 members (excludes halogenated alkanes) is 1. The molecule has 0 atom stereocenters. The number of nitrogens with one attached hydrogen (secondary N) is 1. The van der Waals surface area contributed by atoms with Gasteiger partial charge in [0.25, 0.3) is 5.91 Å². The van der Waals surface area contributed by atoms with Crippen LogP contribution in [0.15, 0.2) is 18.2 Å². The minimum atomic E-state index is -0.325. The fraction of sp³-hybridized carbons (Fsp3) is 0.500. The summed E-state index contributed by atoms with van der Waals surface area (Å²) in [5.74, 6) is -0.394. The molecule has 0 fully saturated rings. The lowest BCUT2D eigenvalue weighted by Crippen LogP contribution is -2.25. The first-order chi connectivity index (χ1) is 9.15. The highest BCUT2D eigenvalue weighted by atomic mass is 35.5. The Hall–Kier alpha value is -1.26. The van der Waals surface area contributed by atoms with Crippen molar-refractivity contribution in [3.05, 3.63) is 28.8 Å². The quantitative estimate of drug-likeness (QED) is 0.722. The standard InChI is InChI=1S/C14H20ClNO3/c1-2-3-8-19-9-4-7-16-14(18)12-10-11(15)5-6-13(12)17/h5-6,10,17H,2-4,7-9H2,1H3,(H,16,18). The third kappa shape index (κ3) is 5.94. The zero-order valence-electron chi connectivity index (χ0n) is 11.1. The number of amides is 1. The Kier molecular flexibility index (Phi) is 7.30. The van der Waals surface area contributed by atoms with Crippen LogP contribution in [0.1, 0.15) is 36.5 Å². The van der Waals surface area contributed by atoms with E-state index < -0.39 is 0 Å². The molecule has 1 rings (SSSR count). The molecule has 106 valence electrons. The average molecular weight is 286 g/mol. The van der Waals surface area contributed by atoms with Crippen LogP contribution in [0.4, 0.5) is 0 Å². The topological polar surface area (TPSA) is 58.6 Å². The van der Waals surface area contributed by atoms with Crippen molar-refractivity contribution >= 4 is 17.5 Å². The van der Waals surface area contributed by atoms with Crippen molar-refractivity contribution in [2.24, 2.45) is 0 Å². The van der Waals surface area contributed by atoms with Crippen LogP contribution in [0, 0.1) is 0 Å². The van der Waals surface area contributed by atoms with Crippen LogP contribution in [-0.4, -0.2) is 30.8 Å². The number of hydrogen-bond donors (Lipinski definition) is 2. The van der Waals surface area contributed by atoms with Crippen LogP contribution in [0.5, 0.6) is 5.75 Å². The van der Waals surface area contributed by atoms with Crippen LogP contribution < -0.4 is 5.32 Å². The minimum absolute atomic E-state index is 0.0684. The fourth-order valence-corrected chi connectivity index (χ4v) is 1.68. The monoisotopic (exact) mass is 285 g/mol. The van der Waals surface area contributed by atoms with Gasteiger partial charge in [0.2, 0.25) is 0 Å². The van der Waals surface area contributed by atoms with Crippen molar-refractivity contribution in [3.63, 3.8) is 0 Å². The summed E-state index contributed by atoms with van der Waals surface area (Å²) in [6.07, 6.45) is 2.92. The molecule has 4 nitrogen and oxygen atoms in total. The van der Waals surface area contributed by atoms with E-state index in [1.54, 1.807) is 0 Å². The SMILES string of the molecule is CCCCOCCCNC(=O)c1cc(Cl)ccc1O. The Labute approximate surface area is 118 Å². The second-order valence-electron chi connectivity index (χ2n) is 4.24. The molecule has 0 aromatic heterocycles. The third-order valence-electron chi connectivity index (χ3n) is 2.60. The van der Waals surface area contributed by atoms with Crippen LogP contribution in [0.25, 0.3) is 0 Å². The second kappa shape index (κ2) is 8.77. The molecule has 0 unspecified atom stereocenters. The van der Waals surface area contributed by atoms with Crippen molar-refractivity contribution in [2.75, 3.05) is 19.8 Å². The molecule has 0 aliphatic rings. The van der Waals surface area contributed by atoms with Crippen molar-refractivity contribution in [2.45, 2.75) is 26.2 Å². The van der Waals surface area contributed by atoms with Gasteiger partial charge in [-0.25, -0.2) is 0 Å². The van der Waals surface area contributed by atoms with E-state index in [1.165, 1.54) is 18.2 Å². The van der Waals surface area contributed by atoms with Gasteiger partial charge >= 0.3 is 0 Å². The predicted molar refractivity (Wildman–Crippen MR) is 75.8 cm³/mol. The second-order valence-corrected chi connectivity index (χ2v) is 4.67. The van der Waals surface area contributed by atoms with E-state index >= 15 is 0 Å². The van der Waals surface area contributed by atoms with Crippen LogP contribution in [0.3, 0.4) is 0 Å². The predicted octanol–water partition coefficient (Wildman–Crippen LogP) is 2.98. The molecular weight excluding hydrogens is 266 g/mol. The number of carbonyl (C=O) groups excluding carboxylic acids is 1. The molecule has 0 saturated carbocycles. The molecule has 0 aliphatic heterocycles. The van der Waals surface area contributed by atoms with Gasteiger partial charge in [0.15, 0.2) is 0 Å². The average Bonchev–Trinajstić information content (AvgIpc) is 2.40. The van der Waals surface area contributed by atoms with E-state index in [4.69, 9.17) is 16.3 Å². The molecule has 0 spiro atoms. The fourth-order valence-electron chi connectivity index (χ4n) is 1.51. The lowest BCUT2D eigenvalue weighted by molar-refractivity contribution is 0.0938. The molecule has 0 saturated heterocycles. The van der Waals surface area contributed by atoms with Gasteiger partial charge in [-0.05, 0) is 31.0 Å². The smallest absolute Gasteiger partial charge is 0.255 e. The molecule has 0 heterocycles. The zero-order chi connectivity index (χ0) is 14.1. The summed E-state index contributed by atoms with van der Waals surface area (Å²) in [6.45, 7) is 4.01. The molecule has 2 N–H and O–H groups in total. The Morgan fingerprint density at radius 1 is 1.37 bits per heavy atom. The molecule has 1 amide bonds. The summed E-state index contributed by atoms with van der Waals surface area (Å²) in [5.41, 5.74) is 0.194. The highest BCUT2D eigenvalue weighted by Crippen LogP contribution is 2.21. The lowest BCUT2D eigenvalue weighted by atomic mass is 10.2. The largest absolute Gasteiger partial charge is 0.507 e. The molecule has 19 heavy (non-hydrogen) atoms. The zero-order valence-corrected chi connectivity index (χ0v) is 11.9. The summed E-state index contributed by atoms with van der Waals surface area (Å²) in [6, 6.07) is 4.39. The number of halogens is 1. The van der Waals surface area contributed by atoms with Crippen LogP contribution in [-0.2, 0) is 4.74 Å². The molecular formula is C14H20ClNO3. The number of phenolic OH excluding ortho intramolecular Hbond substituents is 1. The van der Waals surface area contributed by atoms with Crippen molar-refractivity contribution < 1.29 is 14.6 Å². The molecule has 1 aromatic carbocycles. The Bertz CT molecular complexity index is 410. The van der Waals surface area contributed by atoms with Gasteiger partial charge in [0.05, 0.1) is 5.56 Å². The van der Waals surface area contributed by atoms with E-state index in [0.717, 1.165) is 25.9 Å². The van der Waals surface area contributed by atoms with Gasteiger partial charge in [-0.15, -0.1) is 0 Å².